The van der Waals surface area contributed by atoms with Crippen LogP contribution in [0.15, 0.2) is 55.0 Å². The zero-order valence-corrected chi connectivity index (χ0v) is 14.5. The van der Waals surface area contributed by atoms with Gasteiger partial charge in [0.1, 0.15) is 11.3 Å². The normalized spacial score (nSPS) is 11.3. The number of benzene rings is 1. The molecule has 0 bridgehead atoms. The van der Waals surface area contributed by atoms with Gasteiger partial charge in [0.25, 0.3) is 0 Å². The van der Waals surface area contributed by atoms with Crippen LogP contribution in [0.25, 0.3) is 22.2 Å². The minimum absolute atomic E-state index is 0.0858. The molecule has 1 aromatic carbocycles. The molecular formula is C18H12ClF2N5O. The number of pyridine rings is 1. The lowest BCUT2D eigenvalue weighted by molar-refractivity contribution is -0.0497. The molecule has 4 aromatic rings. The van der Waals surface area contributed by atoms with Gasteiger partial charge in [-0.05, 0) is 35.9 Å². The van der Waals surface area contributed by atoms with Crippen molar-refractivity contribution in [2.24, 2.45) is 0 Å². The predicted octanol–water partition coefficient (Wildman–Crippen LogP) is 4.19. The van der Waals surface area contributed by atoms with Crippen molar-refractivity contribution in [3.8, 4) is 16.9 Å². The molecule has 0 aliphatic heterocycles. The molecule has 0 radical (unpaired) electrons. The largest absolute Gasteiger partial charge is 0.433 e. The van der Waals surface area contributed by atoms with E-state index in [1.807, 2.05) is 12.1 Å². The highest BCUT2D eigenvalue weighted by Crippen LogP contribution is 2.32. The van der Waals surface area contributed by atoms with Crippen molar-refractivity contribution < 1.29 is 13.5 Å². The third kappa shape index (κ3) is 3.70. The molecule has 3 aromatic heterocycles. The topological polar surface area (TPSA) is 65.7 Å². The summed E-state index contributed by atoms with van der Waals surface area (Å²) in [6.07, 6.45) is 4.90. The summed E-state index contributed by atoms with van der Waals surface area (Å²) >= 11 is 5.92. The Balaban J connectivity index is 1.72. The van der Waals surface area contributed by atoms with E-state index in [-0.39, 0.29) is 10.8 Å². The number of fused-ring (bicyclic) bond motifs is 1. The van der Waals surface area contributed by atoms with Crippen LogP contribution in [0.5, 0.6) is 5.75 Å². The van der Waals surface area contributed by atoms with Gasteiger partial charge >= 0.3 is 6.61 Å². The molecule has 27 heavy (non-hydrogen) atoms. The van der Waals surface area contributed by atoms with Crippen molar-refractivity contribution in [1.29, 1.82) is 0 Å². The fourth-order valence-electron chi connectivity index (χ4n) is 2.68. The average molecular weight is 388 g/mol. The van der Waals surface area contributed by atoms with Crippen LogP contribution in [0.4, 0.5) is 8.78 Å². The third-order valence-electron chi connectivity index (χ3n) is 3.91. The summed E-state index contributed by atoms with van der Waals surface area (Å²) in [5.41, 5.74) is 3.62. The summed E-state index contributed by atoms with van der Waals surface area (Å²) in [5, 5.41) is 12.4. The first-order chi connectivity index (χ1) is 13.1. The Morgan fingerprint density at radius 2 is 2.00 bits per heavy atom. The first-order valence-corrected chi connectivity index (χ1v) is 8.31. The van der Waals surface area contributed by atoms with Crippen LogP contribution in [-0.2, 0) is 6.54 Å². The number of aromatic nitrogens is 5. The molecule has 0 spiro atoms. The van der Waals surface area contributed by atoms with E-state index >= 15 is 0 Å². The SMILES string of the molecule is FC(F)Oc1cc(-c2cnc3cnn(Cc4cccnn4)c3c2)ccc1Cl. The molecule has 4 rings (SSSR count). The Hall–Kier alpha value is -3.13. The van der Waals surface area contributed by atoms with E-state index in [2.05, 4.69) is 25.0 Å². The maximum atomic E-state index is 12.5. The number of nitrogens with zero attached hydrogens (tertiary/aromatic N) is 5. The summed E-state index contributed by atoms with van der Waals surface area (Å²) in [7, 11) is 0. The van der Waals surface area contributed by atoms with E-state index in [0.717, 1.165) is 16.8 Å². The van der Waals surface area contributed by atoms with Crippen LogP contribution in [0.3, 0.4) is 0 Å². The minimum atomic E-state index is -2.95. The van der Waals surface area contributed by atoms with Crippen molar-refractivity contribution in [2.75, 3.05) is 0 Å². The summed E-state index contributed by atoms with van der Waals surface area (Å²) in [6.45, 7) is -2.52. The molecule has 0 atom stereocenters. The Morgan fingerprint density at radius 3 is 2.78 bits per heavy atom. The van der Waals surface area contributed by atoms with Gasteiger partial charge in [-0.25, -0.2) is 0 Å². The molecule has 0 aliphatic rings. The van der Waals surface area contributed by atoms with Gasteiger partial charge in [0.2, 0.25) is 0 Å². The van der Waals surface area contributed by atoms with E-state index in [0.29, 0.717) is 17.6 Å². The highest BCUT2D eigenvalue weighted by molar-refractivity contribution is 6.32. The van der Waals surface area contributed by atoms with Crippen LogP contribution < -0.4 is 4.74 Å². The minimum Gasteiger partial charge on any atom is -0.433 e. The van der Waals surface area contributed by atoms with Gasteiger partial charge in [0, 0.05) is 18.0 Å². The number of rotatable bonds is 5. The Morgan fingerprint density at radius 1 is 1.11 bits per heavy atom. The van der Waals surface area contributed by atoms with E-state index < -0.39 is 6.61 Å². The quantitative estimate of drug-likeness (QED) is 0.513. The highest BCUT2D eigenvalue weighted by atomic mass is 35.5. The van der Waals surface area contributed by atoms with Crippen LogP contribution in [0.1, 0.15) is 5.69 Å². The standard InChI is InChI=1S/C18H12ClF2N5O/c19-14-4-3-11(7-17(14)27-18(20)21)12-6-16-15(22-8-12)9-24-26(16)10-13-2-1-5-23-25-13/h1-9,18H,10H2. The summed E-state index contributed by atoms with van der Waals surface area (Å²) in [6, 6.07) is 10.2. The van der Waals surface area contributed by atoms with E-state index in [9.17, 15) is 8.78 Å². The molecule has 0 unspecified atom stereocenters. The van der Waals surface area contributed by atoms with Gasteiger partial charge in [-0.2, -0.15) is 24.1 Å². The Bertz CT molecular complexity index is 1090. The van der Waals surface area contributed by atoms with Crippen molar-refractivity contribution in [2.45, 2.75) is 13.2 Å². The number of ether oxygens (including phenoxy) is 1. The second-order valence-electron chi connectivity index (χ2n) is 5.67. The summed E-state index contributed by atoms with van der Waals surface area (Å²) in [4.78, 5) is 4.39. The molecule has 9 heteroatoms. The molecule has 0 N–H and O–H groups in total. The smallest absolute Gasteiger partial charge is 0.387 e. The van der Waals surface area contributed by atoms with E-state index in [1.165, 1.54) is 12.1 Å². The third-order valence-corrected chi connectivity index (χ3v) is 4.23. The van der Waals surface area contributed by atoms with E-state index in [1.54, 1.807) is 35.4 Å². The van der Waals surface area contributed by atoms with Gasteiger partial charge in [-0.15, -0.1) is 0 Å². The van der Waals surface area contributed by atoms with E-state index in [4.69, 9.17) is 11.6 Å². The number of hydrogen-bond acceptors (Lipinski definition) is 5. The van der Waals surface area contributed by atoms with Gasteiger partial charge in [-0.1, -0.05) is 17.7 Å². The molecule has 3 heterocycles. The fraction of sp³-hybridized carbons (Fsp3) is 0.111. The van der Waals surface area contributed by atoms with Crippen LogP contribution >= 0.6 is 11.6 Å². The van der Waals surface area contributed by atoms with Crippen molar-refractivity contribution >= 4 is 22.6 Å². The number of hydrogen-bond donors (Lipinski definition) is 0. The second kappa shape index (κ2) is 7.24. The zero-order valence-electron chi connectivity index (χ0n) is 13.8. The van der Waals surface area contributed by atoms with Gasteiger partial charge in [0.05, 0.1) is 29.0 Å². The fourth-order valence-corrected chi connectivity index (χ4v) is 2.84. The predicted molar refractivity (Wildman–Crippen MR) is 95.7 cm³/mol. The second-order valence-corrected chi connectivity index (χ2v) is 6.08. The van der Waals surface area contributed by atoms with Crippen molar-refractivity contribution in [1.82, 2.24) is 25.0 Å². The highest BCUT2D eigenvalue weighted by Gasteiger charge is 2.12. The molecule has 0 fully saturated rings. The maximum Gasteiger partial charge on any atom is 0.387 e. The lowest BCUT2D eigenvalue weighted by atomic mass is 10.1. The van der Waals surface area contributed by atoms with Crippen molar-refractivity contribution in [3.05, 3.63) is 65.7 Å². The van der Waals surface area contributed by atoms with Crippen LogP contribution in [0, 0.1) is 0 Å². The zero-order chi connectivity index (χ0) is 18.8. The maximum absolute atomic E-state index is 12.5. The first kappa shape index (κ1) is 17.3. The Labute approximate surface area is 157 Å². The number of halogens is 3. The summed E-state index contributed by atoms with van der Waals surface area (Å²) in [5.74, 6) is -0.0858. The van der Waals surface area contributed by atoms with Crippen LogP contribution in [0.2, 0.25) is 5.02 Å². The first-order valence-electron chi connectivity index (χ1n) is 7.93. The van der Waals surface area contributed by atoms with Crippen molar-refractivity contribution in [3.63, 3.8) is 0 Å². The molecule has 0 aliphatic carbocycles. The van der Waals surface area contributed by atoms with Gasteiger partial charge < -0.3 is 4.74 Å². The lowest BCUT2D eigenvalue weighted by Gasteiger charge is -2.09. The van der Waals surface area contributed by atoms with Crippen LogP contribution in [-0.4, -0.2) is 31.6 Å². The lowest BCUT2D eigenvalue weighted by Crippen LogP contribution is -2.04. The number of alkyl halides is 2. The molecule has 136 valence electrons. The monoisotopic (exact) mass is 387 g/mol. The average Bonchev–Trinajstić information content (AvgIpc) is 3.06. The van der Waals surface area contributed by atoms with Gasteiger partial charge in [0.15, 0.2) is 0 Å². The Kier molecular flexibility index (Phi) is 4.64. The molecule has 0 saturated carbocycles. The molecule has 0 saturated heterocycles. The van der Waals surface area contributed by atoms with Gasteiger partial charge in [-0.3, -0.25) is 9.67 Å². The molecule has 6 nitrogen and oxygen atoms in total. The molecule has 0 amide bonds. The summed E-state index contributed by atoms with van der Waals surface area (Å²) < 4.78 is 31.3. The molecular weight excluding hydrogens is 376 g/mol.